The van der Waals surface area contributed by atoms with Crippen LogP contribution in [0.2, 0.25) is 0 Å². The van der Waals surface area contributed by atoms with Crippen LogP contribution in [0.1, 0.15) is 43.1 Å². The molecule has 6 heteroatoms. The van der Waals surface area contributed by atoms with Crippen molar-refractivity contribution in [2.75, 3.05) is 6.61 Å². The lowest BCUT2D eigenvalue weighted by Gasteiger charge is -2.35. The van der Waals surface area contributed by atoms with Crippen LogP contribution in [0.5, 0.6) is 5.75 Å². The van der Waals surface area contributed by atoms with Gasteiger partial charge in [-0.25, -0.2) is 4.98 Å². The molecule has 1 aromatic carbocycles. The van der Waals surface area contributed by atoms with Gasteiger partial charge in [0.1, 0.15) is 12.0 Å². The van der Waals surface area contributed by atoms with Gasteiger partial charge in [0.05, 0.1) is 5.60 Å². The maximum Gasteiger partial charge on any atom is 0.273 e. The van der Waals surface area contributed by atoms with E-state index in [9.17, 15) is 4.79 Å². The number of para-hydroxylation sites is 1. The molecule has 1 fully saturated rings. The summed E-state index contributed by atoms with van der Waals surface area (Å²) in [5, 5.41) is 3.00. The van der Waals surface area contributed by atoms with Gasteiger partial charge in [0.25, 0.3) is 5.91 Å². The van der Waals surface area contributed by atoms with Crippen LogP contribution in [0.4, 0.5) is 0 Å². The van der Waals surface area contributed by atoms with Crippen molar-refractivity contribution in [2.24, 2.45) is 0 Å². The van der Waals surface area contributed by atoms with E-state index in [4.69, 9.17) is 13.9 Å². The largest absolute Gasteiger partial charge is 0.484 e. The summed E-state index contributed by atoms with van der Waals surface area (Å²) in [4.78, 5) is 16.5. The van der Waals surface area contributed by atoms with Crippen LogP contribution in [-0.4, -0.2) is 29.1 Å². The maximum atomic E-state index is 12.3. The van der Waals surface area contributed by atoms with Gasteiger partial charge < -0.3 is 19.2 Å². The molecule has 1 saturated heterocycles. The number of carbonyl (C=O) groups is 1. The summed E-state index contributed by atoms with van der Waals surface area (Å²) in [6, 6.07) is 9.48. The minimum Gasteiger partial charge on any atom is -0.484 e. The number of hydrogen-bond acceptors (Lipinski definition) is 5. The molecule has 0 radical (unpaired) electrons. The van der Waals surface area contributed by atoms with Crippen molar-refractivity contribution >= 4 is 5.91 Å². The summed E-state index contributed by atoms with van der Waals surface area (Å²) in [5.41, 5.74) is 0.0558. The molecular formula is C18H22N2O4. The Morgan fingerprint density at radius 1 is 1.38 bits per heavy atom. The van der Waals surface area contributed by atoms with E-state index in [-0.39, 0.29) is 29.9 Å². The highest BCUT2D eigenvalue weighted by Gasteiger charge is 2.30. The Bertz CT molecular complexity index is 681. The number of ether oxygens (including phenoxy) is 2. The van der Waals surface area contributed by atoms with Gasteiger partial charge in [-0.05, 0) is 38.8 Å². The molecule has 0 spiro atoms. The minimum atomic E-state index is -0.229. The zero-order valence-electron chi connectivity index (χ0n) is 14.0. The molecule has 1 N–H and O–H groups in total. The van der Waals surface area contributed by atoms with Crippen molar-refractivity contribution in [2.45, 2.75) is 44.9 Å². The Kier molecular flexibility index (Phi) is 4.85. The first kappa shape index (κ1) is 16.5. The van der Waals surface area contributed by atoms with Crippen LogP contribution in [0.25, 0.3) is 0 Å². The molecule has 1 aliphatic heterocycles. The Balaban J connectivity index is 1.54. The first-order valence-corrected chi connectivity index (χ1v) is 8.09. The van der Waals surface area contributed by atoms with E-state index in [2.05, 4.69) is 10.3 Å². The summed E-state index contributed by atoms with van der Waals surface area (Å²) >= 11 is 0. The highest BCUT2D eigenvalue weighted by molar-refractivity contribution is 5.92. The molecule has 0 bridgehead atoms. The normalized spacial score (nSPS) is 19.7. The fourth-order valence-corrected chi connectivity index (χ4v) is 2.76. The number of benzene rings is 1. The van der Waals surface area contributed by atoms with E-state index in [1.54, 1.807) is 0 Å². The van der Waals surface area contributed by atoms with E-state index in [1.807, 2.05) is 44.2 Å². The lowest BCUT2D eigenvalue weighted by atomic mass is 9.94. The van der Waals surface area contributed by atoms with Gasteiger partial charge in [0.15, 0.2) is 12.3 Å². The third-order valence-electron chi connectivity index (χ3n) is 3.92. The summed E-state index contributed by atoms with van der Waals surface area (Å²) < 4.78 is 16.5. The second kappa shape index (κ2) is 7.05. The first-order chi connectivity index (χ1) is 11.5. The van der Waals surface area contributed by atoms with Crippen LogP contribution in [0, 0.1) is 0 Å². The molecule has 0 aliphatic carbocycles. The second-order valence-corrected chi connectivity index (χ2v) is 6.50. The number of carbonyl (C=O) groups excluding carboxylic acids is 1. The maximum absolute atomic E-state index is 12.3. The molecule has 1 amide bonds. The van der Waals surface area contributed by atoms with Gasteiger partial charge in [-0.15, -0.1) is 0 Å². The van der Waals surface area contributed by atoms with E-state index in [1.165, 1.54) is 6.26 Å². The molecule has 1 unspecified atom stereocenters. The van der Waals surface area contributed by atoms with Crippen LogP contribution in [0.3, 0.4) is 0 Å². The number of aromatic nitrogens is 1. The smallest absolute Gasteiger partial charge is 0.273 e. The highest BCUT2D eigenvalue weighted by Crippen LogP contribution is 2.24. The fourth-order valence-electron chi connectivity index (χ4n) is 2.76. The number of nitrogens with zero attached hydrogens (tertiary/aromatic N) is 1. The van der Waals surface area contributed by atoms with Crippen LogP contribution >= 0.6 is 0 Å². The number of amides is 1. The molecule has 6 nitrogen and oxygen atoms in total. The Hall–Kier alpha value is -2.34. The van der Waals surface area contributed by atoms with Gasteiger partial charge in [-0.2, -0.15) is 0 Å². The highest BCUT2D eigenvalue weighted by atomic mass is 16.5. The Morgan fingerprint density at radius 2 is 2.17 bits per heavy atom. The van der Waals surface area contributed by atoms with Crippen LogP contribution in [0.15, 0.2) is 41.0 Å². The standard InChI is InChI=1S/C18H22N2O4/c1-18(2)10-13(8-9-24-18)19-17(21)15-11-23-16(20-15)12-22-14-6-4-3-5-7-14/h3-7,11,13H,8-10,12H2,1-2H3,(H,19,21). The minimum absolute atomic E-state index is 0.0852. The van der Waals surface area contributed by atoms with Crippen molar-refractivity contribution in [3.63, 3.8) is 0 Å². The second-order valence-electron chi connectivity index (χ2n) is 6.50. The van der Waals surface area contributed by atoms with Gasteiger partial charge in [0, 0.05) is 12.6 Å². The zero-order valence-corrected chi connectivity index (χ0v) is 14.0. The lowest BCUT2D eigenvalue weighted by molar-refractivity contribution is -0.0615. The molecular weight excluding hydrogens is 308 g/mol. The van der Waals surface area contributed by atoms with E-state index >= 15 is 0 Å². The fraction of sp³-hybridized carbons (Fsp3) is 0.444. The van der Waals surface area contributed by atoms with Gasteiger partial charge in [-0.3, -0.25) is 4.79 Å². The molecule has 1 aliphatic rings. The molecule has 24 heavy (non-hydrogen) atoms. The summed E-state index contributed by atoms with van der Waals surface area (Å²) in [5.74, 6) is 0.870. The monoisotopic (exact) mass is 330 g/mol. The topological polar surface area (TPSA) is 73.6 Å². The molecule has 128 valence electrons. The van der Waals surface area contributed by atoms with Crippen LogP contribution in [-0.2, 0) is 11.3 Å². The third kappa shape index (κ3) is 4.35. The third-order valence-corrected chi connectivity index (χ3v) is 3.92. The zero-order chi connectivity index (χ0) is 17.0. The summed E-state index contributed by atoms with van der Waals surface area (Å²) in [6.45, 7) is 4.88. The molecule has 2 heterocycles. The first-order valence-electron chi connectivity index (χ1n) is 8.09. The van der Waals surface area contributed by atoms with Crippen LogP contribution < -0.4 is 10.1 Å². The van der Waals surface area contributed by atoms with Crippen molar-refractivity contribution in [1.29, 1.82) is 0 Å². The van der Waals surface area contributed by atoms with Crippen molar-refractivity contribution in [3.8, 4) is 5.75 Å². The lowest BCUT2D eigenvalue weighted by Crippen LogP contribution is -2.45. The molecule has 0 saturated carbocycles. The molecule has 1 aromatic heterocycles. The van der Waals surface area contributed by atoms with E-state index in [0.717, 1.165) is 18.6 Å². The van der Waals surface area contributed by atoms with Gasteiger partial charge in [0.2, 0.25) is 5.89 Å². The number of oxazole rings is 1. The SMILES string of the molecule is CC1(C)CC(NC(=O)c2coc(COc3ccccc3)n2)CCO1. The number of hydrogen-bond donors (Lipinski definition) is 1. The average Bonchev–Trinajstić information content (AvgIpc) is 3.02. The van der Waals surface area contributed by atoms with Gasteiger partial charge >= 0.3 is 0 Å². The average molecular weight is 330 g/mol. The summed E-state index contributed by atoms with van der Waals surface area (Å²) in [6.07, 6.45) is 2.95. The molecule has 2 aromatic rings. The molecule has 1 atom stereocenters. The predicted octanol–water partition coefficient (Wildman–Crippen LogP) is 2.94. The van der Waals surface area contributed by atoms with Crippen molar-refractivity contribution < 1.29 is 18.7 Å². The van der Waals surface area contributed by atoms with Gasteiger partial charge in [-0.1, -0.05) is 18.2 Å². The number of nitrogens with one attached hydrogen (secondary N) is 1. The van der Waals surface area contributed by atoms with Crippen molar-refractivity contribution in [1.82, 2.24) is 10.3 Å². The van der Waals surface area contributed by atoms with E-state index < -0.39 is 0 Å². The Labute approximate surface area is 141 Å². The van der Waals surface area contributed by atoms with E-state index in [0.29, 0.717) is 12.5 Å². The predicted molar refractivity (Wildman–Crippen MR) is 87.8 cm³/mol. The quantitative estimate of drug-likeness (QED) is 0.912. The summed E-state index contributed by atoms with van der Waals surface area (Å²) in [7, 11) is 0. The number of rotatable bonds is 5. The Morgan fingerprint density at radius 3 is 2.92 bits per heavy atom. The van der Waals surface area contributed by atoms with Crippen molar-refractivity contribution in [3.05, 3.63) is 48.2 Å². The molecule has 3 rings (SSSR count).